The number of hydrogen-bond donors (Lipinski definition) is 0. The second-order valence-corrected chi connectivity index (χ2v) is 10.2. The summed E-state index contributed by atoms with van der Waals surface area (Å²) in [5.74, 6) is 0.702. The molecule has 0 saturated carbocycles. The van der Waals surface area contributed by atoms with Crippen LogP contribution in [0.2, 0.25) is 0 Å². The third kappa shape index (κ3) is 5.72. The first-order chi connectivity index (χ1) is 18.2. The number of rotatable bonds is 9. The number of carbonyl (C=O) groups is 2. The topological polar surface area (TPSA) is 80.7 Å². The number of aliphatic imine (C=N–C) groups is 1. The number of fused-ring (bicyclic) bond motifs is 1. The van der Waals surface area contributed by atoms with Gasteiger partial charge in [0.15, 0.2) is 5.17 Å². The smallest absolute Gasteiger partial charge is 0.338 e. The van der Waals surface area contributed by atoms with Crippen LogP contribution in [0.1, 0.15) is 44.4 Å². The van der Waals surface area contributed by atoms with Crippen LogP contribution in [-0.4, -0.2) is 54.2 Å². The van der Waals surface area contributed by atoms with Crippen LogP contribution < -0.4 is 9.47 Å². The van der Waals surface area contributed by atoms with Crippen LogP contribution in [0, 0.1) is 0 Å². The molecule has 0 unspecified atom stereocenters. The summed E-state index contributed by atoms with van der Waals surface area (Å²) < 4.78 is 16.9. The highest BCUT2D eigenvalue weighted by atomic mass is 32.2. The molecule has 2 aliphatic rings. The molecule has 8 nitrogen and oxygen atoms in total. The predicted molar refractivity (Wildman–Crippen MR) is 149 cm³/mol. The van der Waals surface area contributed by atoms with Crippen LogP contribution in [0.4, 0.5) is 0 Å². The number of amidine groups is 1. The monoisotopic (exact) mass is 535 g/mol. The first kappa shape index (κ1) is 27.3. The van der Waals surface area contributed by atoms with Crippen LogP contribution in [0.15, 0.2) is 75.9 Å². The number of nitrogens with zero attached hydrogens (tertiary/aromatic N) is 3. The normalized spacial score (nSPS) is 16.6. The van der Waals surface area contributed by atoms with Crippen molar-refractivity contribution in [2.75, 3.05) is 21.3 Å². The van der Waals surface area contributed by atoms with Gasteiger partial charge in [-0.2, -0.15) is 0 Å². The predicted octanol–water partition coefficient (Wildman–Crippen LogP) is 5.28. The van der Waals surface area contributed by atoms with E-state index in [0.29, 0.717) is 40.0 Å². The molecule has 2 aromatic carbocycles. The Hall–Kier alpha value is -3.72. The van der Waals surface area contributed by atoms with E-state index >= 15 is 0 Å². The molecule has 0 aromatic heterocycles. The Bertz CT molecular complexity index is 1300. The number of hydrogen-bond acceptors (Lipinski definition) is 8. The van der Waals surface area contributed by atoms with E-state index in [1.807, 2.05) is 66.6 Å². The van der Waals surface area contributed by atoms with Crippen molar-refractivity contribution in [2.24, 2.45) is 4.99 Å². The molecule has 1 amide bonds. The number of carbonyl (C=O) groups excluding carboxylic acids is 2. The molecule has 2 aliphatic heterocycles. The van der Waals surface area contributed by atoms with Crippen LogP contribution >= 0.6 is 11.8 Å². The largest absolute Gasteiger partial charge is 0.497 e. The Morgan fingerprint density at radius 2 is 1.84 bits per heavy atom. The molecule has 0 aliphatic carbocycles. The summed E-state index contributed by atoms with van der Waals surface area (Å²) in [6.07, 6.45) is -0.166. The molecule has 0 N–H and O–H groups in total. The number of thioether (sulfide) groups is 1. The van der Waals surface area contributed by atoms with Crippen LogP contribution in [0.25, 0.3) is 0 Å². The molecule has 0 radical (unpaired) electrons. The second kappa shape index (κ2) is 11.8. The molecule has 4 rings (SSSR count). The van der Waals surface area contributed by atoms with E-state index in [1.165, 1.54) is 11.8 Å². The molecule has 9 heteroatoms. The molecule has 0 saturated heterocycles. The third-order valence-electron chi connectivity index (χ3n) is 6.32. The van der Waals surface area contributed by atoms with Gasteiger partial charge in [0, 0.05) is 24.9 Å². The van der Waals surface area contributed by atoms with E-state index in [4.69, 9.17) is 19.2 Å². The average Bonchev–Trinajstić information content (AvgIpc) is 3.29. The Morgan fingerprint density at radius 3 is 2.50 bits per heavy atom. The van der Waals surface area contributed by atoms with Gasteiger partial charge in [0.25, 0.3) is 0 Å². The molecule has 200 valence electrons. The molecular weight excluding hydrogens is 502 g/mol. The fourth-order valence-electron chi connectivity index (χ4n) is 4.49. The zero-order valence-corrected chi connectivity index (χ0v) is 23.4. The van der Waals surface area contributed by atoms with Crippen molar-refractivity contribution in [1.29, 1.82) is 0 Å². The van der Waals surface area contributed by atoms with Crippen molar-refractivity contribution in [3.05, 3.63) is 82.0 Å². The van der Waals surface area contributed by atoms with E-state index in [2.05, 4.69) is 0 Å². The third-order valence-corrected chi connectivity index (χ3v) is 7.20. The van der Waals surface area contributed by atoms with E-state index < -0.39 is 12.0 Å². The van der Waals surface area contributed by atoms with Gasteiger partial charge in [-0.15, -0.1) is 0 Å². The summed E-state index contributed by atoms with van der Waals surface area (Å²) in [5, 5.41) is 2.61. The van der Waals surface area contributed by atoms with Gasteiger partial charge in [0.05, 0.1) is 44.1 Å². The molecule has 2 aromatic rings. The molecule has 0 spiro atoms. The van der Waals surface area contributed by atoms with Crippen molar-refractivity contribution in [1.82, 2.24) is 9.80 Å². The highest BCUT2D eigenvalue weighted by molar-refractivity contribution is 8.16. The average molecular weight is 536 g/mol. The van der Waals surface area contributed by atoms with Crippen molar-refractivity contribution in [3.8, 4) is 11.5 Å². The van der Waals surface area contributed by atoms with Gasteiger partial charge in [0.1, 0.15) is 11.5 Å². The first-order valence-electron chi connectivity index (χ1n) is 12.4. The fraction of sp³-hybridized carbons (Fsp3) is 0.345. The summed E-state index contributed by atoms with van der Waals surface area (Å²) in [5.41, 5.74) is 3.47. The minimum atomic E-state index is -0.618. The zero-order valence-electron chi connectivity index (χ0n) is 22.6. The number of methoxy groups -OCH3 is 2. The Kier molecular flexibility index (Phi) is 8.46. The van der Waals surface area contributed by atoms with Crippen molar-refractivity contribution in [3.63, 3.8) is 0 Å². The second-order valence-electron chi connectivity index (χ2n) is 9.37. The summed E-state index contributed by atoms with van der Waals surface area (Å²) in [6, 6.07) is 14.7. The maximum atomic E-state index is 13.4. The number of amides is 1. The fourth-order valence-corrected chi connectivity index (χ4v) is 5.46. The lowest BCUT2D eigenvalue weighted by Gasteiger charge is -2.37. The molecule has 0 fully saturated rings. The standard InChI is InChI=1S/C29H33N3O5S/c1-18(2)37-28(34)26-19(3)30-29-32(27(26)23-15-22(35-5)12-13-24(23)36-6)21(17-38-29)14-25(33)31(4)16-20-10-8-7-9-11-20/h7-13,15,17-18,27H,14,16H2,1-6H3/t27-/m1/s1. The van der Waals surface area contributed by atoms with Crippen molar-refractivity contribution in [2.45, 2.75) is 45.9 Å². The maximum absolute atomic E-state index is 13.4. The minimum Gasteiger partial charge on any atom is -0.497 e. The molecule has 0 bridgehead atoms. The molecular formula is C29H33N3O5S. The Morgan fingerprint density at radius 1 is 1.11 bits per heavy atom. The highest BCUT2D eigenvalue weighted by Crippen LogP contribution is 2.47. The number of allylic oxidation sites excluding steroid dienone is 1. The van der Waals surface area contributed by atoms with Crippen LogP contribution in [0.5, 0.6) is 11.5 Å². The van der Waals surface area contributed by atoms with E-state index in [0.717, 1.165) is 11.3 Å². The van der Waals surface area contributed by atoms with Gasteiger partial charge < -0.3 is 24.0 Å². The maximum Gasteiger partial charge on any atom is 0.338 e. The van der Waals surface area contributed by atoms with Crippen LogP contribution in [-0.2, 0) is 20.9 Å². The summed E-state index contributed by atoms with van der Waals surface area (Å²) in [6.45, 7) is 5.92. The molecule has 1 atom stereocenters. The van der Waals surface area contributed by atoms with Gasteiger partial charge in [0.2, 0.25) is 5.91 Å². The van der Waals surface area contributed by atoms with Crippen molar-refractivity contribution >= 4 is 28.8 Å². The quantitative estimate of drug-likeness (QED) is 0.404. The van der Waals surface area contributed by atoms with E-state index in [9.17, 15) is 9.59 Å². The van der Waals surface area contributed by atoms with Gasteiger partial charge in [-0.25, -0.2) is 9.79 Å². The lowest BCUT2D eigenvalue weighted by Crippen LogP contribution is -2.38. The SMILES string of the molecule is COc1ccc(OC)c([C@@H]2C(C(=O)OC(C)C)=C(C)N=C3SC=C(CC(=O)N(C)Cc4ccccc4)N32)c1. The van der Waals surface area contributed by atoms with Gasteiger partial charge in [-0.1, -0.05) is 42.1 Å². The summed E-state index contributed by atoms with van der Waals surface area (Å²) in [4.78, 5) is 35.1. The lowest BCUT2D eigenvalue weighted by atomic mass is 9.92. The van der Waals surface area contributed by atoms with Gasteiger partial charge in [-0.3, -0.25) is 4.79 Å². The minimum absolute atomic E-state index is 0.0455. The lowest BCUT2D eigenvalue weighted by molar-refractivity contribution is -0.143. The first-order valence-corrected chi connectivity index (χ1v) is 13.3. The molecule has 2 heterocycles. The highest BCUT2D eigenvalue weighted by Gasteiger charge is 2.42. The summed E-state index contributed by atoms with van der Waals surface area (Å²) in [7, 11) is 4.97. The zero-order chi connectivity index (χ0) is 27.4. The van der Waals surface area contributed by atoms with Gasteiger partial charge >= 0.3 is 5.97 Å². The molecule has 38 heavy (non-hydrogen) atoms. The van der Waals surface area contributed by atoms with E-state index in [-0.39, 0.29) is 18.4 Å². The van der Waals surface area contributed by atoms with Crippen LogP contribution in [0.3, 0.4) is 0 Å². The number of ether oxygens (including phenoxy) is 3. The summed E-state index contributed by atoms with van der Waals surface area (Å²) >= 11 is 1.43. The Balaban J connectivity index is 1.72. The number of esters is 1. The van der Waals surface area contributed by atoms with Gasteiger partial charge in [-0.05, 0) is 49.9 Å². The Labute approximate surface area is 228 Å². The number of benzene rings is 2. The van der Waals surface area contributed by atoms with Crippen molar-refractivity contribution < 1.29 is 23.8 Å². The van der Waals surface area contributed by atoms with E-state index in [1.54, 1.807) is 39.2 Å².